The molecule has 1 N–H and O–H groups in total. The summed E-state index contributed by atoms with van der Waals surface area (Å²) in [6.07, 6.45) is 0.948. The lowest BCUT2D eigenvalue weighted by Gasteiger charge is -2.13. The highest BCUT2D eigenvalue weighted by atomic mass is 79.9. The highest BCUT2D eigenvalue weighted by Gasteiger charge is 2.06. The molecular formula is C22H20BrCl2NO. The van der Waals surface area contributed by atoms with Gasteiger partial charge in [0.2, 0.25) is 0 Å². The Morgan fingerprint density at radius 2 is 1.67 bits per heavy atom. The van der Waals surface area contributed by atoms with E-state index >= 15 is 0 Å². The summed E-state index contributed by atoms with van der Waals surface area (Å²) in [6, 6.07) is 21.8. The Hall–Kier alpha value is -1.52. The van der Waals surface area contributed by atoms with Gasteiger partial charge < -0.3 is 10.1 Å². The molecule has 0 saturated carbocycles. The van der Waals surface area contributed by atoms with Crippen molar-refractivity contribution < 1.29 is 4.74 Å². The van der Waals surface area contributed by atoms with Crippen molar-refractivity contribution in [3.05, 3.63) is 97.9 Å². The highest BCUT2D eigenvalue weighted by molar-refractivity contribution is 9.10. The van der Waals surface area contributed by atoms with Gasteiger partial charge in [0.25, 0.3) is 0 Å². The molecule has 0 atom stereocenters. The van der Waals surface area contributed by atoms with Gasteiger partial charge in [-0.05, 0) is 66.6 Å². The number of halogens is 3. The SMILES string of the molecule is Clc1ccc(CCNCc2cc(Br)ccc2OCc2cccc(Cl)c2)cc1. The molecule has 3 rings (SSSR count). The summed E-state index contributed by atoms with van der Waals surface area (Å²) in [4.78, 5) is 0. The second-order valence-electron chi connectivity index (χ2n) is 6.22. The molecule has 0 heterocycles. The molecule has 3 aromatic rings. The van der Waals surface area contributed by atoms with E-state index < -0.39 is 0 Å². The number of ether oxygens (including phenoxy) is 1. The van der Waals surface area contributed by atoms with Crippen molar-refractivity contribution in [1.82, 2.24) is 5.32 Å². The molecule has 0 aromatic heterocycles. The van der Waals surface area contributed by atoms with Crippen LogP contribution < -0.4 is 10.1 Å². The highest BCUT2D eigenvalue weighted by Crippen LogP contribution is 2.24. The van der Waals surface area contributed by atoms with Gasteiger partial charge in [-0.3, -0.25) is 0 Å². The number of rotatable bonds is 8. The molecule has 0 unspecified atom stereocenters. The van der Waals surface area contributed by atoms with Crippen LogP contribution in [0.3, 0.4) is 0 Å². The van der Waals surface area contributed by atoms with Gasteiger partial charge in [-0.2, -0.15) is 0 Å². The van der Waals surface area contributed by atoms with Crippen LogP contribution in [0.5, 0.6) is 5.75 Å². The van der Waals surface area contributed by atoms with Crippen LogP contribution in [0.2, 0.25) is 10.0 Å². The molecule has 0 aliphatic carbocycles. The van der Waals surface area contributed by atoms with Gasteiger partial charge in [0.1, 0.15) is 12.4 Å². The van der Waals surface area contributed by atoms with Gasteiger partial charge in [0.15, 0.2) is 0 Å². The van der Waals surface area contributed by atoms with Crippen LogP contribution in [0.15, 0.2) is 71.2 Å². The molecule has 0 fully saturated rings. The van der Waals surface area contributed by atoms with E-state index in [1.54, 1.807) is 0 Å². The van der Waals surface area contributed by atoms with Crippen molar-refractivity contribution in [3.8, 4) is 5.75 Å². The summed E-state index contributed by atoms with van der Waals surface area (Å²) in [5, 5.41) is 4.97. The topological polar surface area (TPSA) is 21.3 Å². The first kappa shape index (κ1) is 20.2. The lowest BCUT2D eigenvalue weighted by molar-refractivity contribution is 0.302. The van der Waals surface area contributed by atoms with E-state index in [9.17, 15) is 0 Å². The molecule has 0 aliphatic heterocycles. The molecule has 0 spiro atoms. The zero-order valence-electron chi connectivity index (χ0n) is 14.7. The Kier molecular flexibility index (Phi) is 7.59. The standard InChI is InChI=1S/C22H20BrCl2NO/c23-19-6-9-22(27-15-17-2-1-3-21(25)12-17)18(13-19)14-26-11-10-16-4-7-20(24)8-5-16/h1-9,12-13,26H,10-11,14-15H2. The maximum absolute atomic E-state index is 6.04. The summed E-state index contributed by atoms with van der Waals surface area (Å²) >= 11 is 15.5. The third-order valence-electron chi connectivity index (χ3n) is 4.13. The molecule has 0 bridgehead atoms. The fraction of sp³-hybridized carbons (Fsp3) is 0.182. The van der Waals surface area contributed by atoms with Crippen molar-refractivity contribution >= 4 is 39.1 Å². The average Bonchev–Trinajstić information content (AvgIpc) is 2.66. The van der Waals surface area contributed by atoms with E-state index in [2.05, 4.69) is 39.4 Å². The molecular weight excluding hydrogens is 445 g/mol. The minimum Gasteiger partial charge on any atom is -0.489 e. The first-order valence-corrected chi connectivity index (χ1v) is 10.3. The lowest BCUT2D eigenvalue weighted by atomic mass is 10.1. The Morgan fingerprint density at radius 1 is 0.852 bits per heavy atom. The Morgan fingerprint density at radius 3 is 2.44 bits per heavy atom. The summed E-state index contributed by atoms with van der Waals surface area (Å²) in [5.74, 6) is 0.872. The van der Waals surface area contributed by atoms with Gasteiger partial charge in [-0.15, -0.1) is 0 Å². The summed E-state index contributed by atoms with van der Waals surface area (Å²) < 4.78 is 7.06. The molecule has 0 saturated heterocycles. The summed E-state index contributed by atoms with van der Waals surface area (Å²) in [5.41, 5.74) is 3.42. The minimum atomic E-state index is 0.486. The Labute approximate surface area is 178 Å². The largest absolute Gasteiger partial charge is 0.489 e. The zero-order valence-corrected chi connectivity index (χ0v) is 17.8. The summed E-state index contributed by atoms with van der Waals surface area (Å²) in [7, 11) is 0. The number of benzene rings is 3. The van der Waals surface area contributed by atoms with E-state index in [-0.39, 0.29) is 0 Å². The predicted molar refractivity (Wildman–Crippen MR) is 117 cm³/mol. The van der Waals surface area contributed by atoms with Crippen LogP contribution in [0.1, 0.15) is 16.7 Å². The van der Waals surface area contributed by atoms with E-state index in [0.717, 1.165) is 50.9 Å². The number of nitrogens with one attached hydrogen (secondary N) is 1. The van der Waals surface area contributed by atoms with E-state index in [1.165, 1.54) is 5.56 Å². The molecule has 27 heavy (non-hydrogen) atoms. The molecule has 2 nitrogen and oxygen atoms in total. The van der Waals surface area contributed by atoms with Crippen LogP contribution in [0.25, 0.3) is 0 Å². The third kappa shape index (κ3) is 6.54. The molecule has 5 heteroatoms. The monoisotopic (exact) mass is 463 g/mol. The molecule has 0 amide bonds. The minimum absolute atomic E-state index is 0.486. The van der Waals surface area contributed by atoms with Gasteiger partial charge in [-0.25, -0.2) is 0 Å². The Balaban J connectivity index is 1.56. The van der Waals surface area contributed by atoms with Gasteiger partial charge in [-0.1, -0.05) is 63.4 Å². The van der Waals surface area contributed by atoms with Crippen LogP contribution in [-0.4, -0.2) is 6.54 Å². The first-order chi connectivity index (χ1) is 13.1. The first-order valence-electron chi connectivity index (χ1n) is 8.71. The number of hydrogen-bond donors (Lipinski definition) is 1. The lowest BCUT2D eigenvalue weighted by Crippen LogP contribution is -2.17. The van der Waals surface area contributed by atoms with Crippen LogP contribution in [0.4, 0.5) is 0 Å². The molecule has 0 aliphatic rings. The molecule has 3 aromatic carbocycles. The summed E-state index contributed by atoms with van der Waals surface area (Å²) in [6.45, 7) is 2.10. The second kappa shape index (κ2) is 10.1. The quantitative estimate of drug-likeness (QED) is 0.376. The van der Waals surface area contributed by atoms with Gasteiger partial charge in [0, 0.05) is 26.6 Å². The normalized spacial score (nSPS) is 10.8. The van der Waals surface area contributed by atoms with Crippen molar-refractivity contribution in [3.63, 3.8) is 0 Å². The average molecular weight is 465 g/mol. The predicted octanol–water partition coefficient (Wildman–Crippen LogP) is 6.67. The van der Waals surface area contributed by atoms with Crippen molar-refractivity contribution in [2.24, 2.45) is 0 Å². The Bertz CT molecular complexity index is 884. The van der Waals surface area contributed by atoms with Crippen LogP contribution >= 0.6 is 39.1 Å². The van der Waals surface area contributed by atoms with Crippen molar-refractivity contribution in [2.45, 2.75) is 19.6 Å². The van der Waals surface area contributed by atoms with E-state index in [1.807, 2.05) is 48.5 Å². The van der Waals surface area contributed by atoms with E-state index in [4.69, 9.17) is 27.9 Å². The smallest absolute Gasteiger partial charge is 0.124 e. The van der Waals surface area contributed by atoms with Crippen LogP contribution in [-0.2, 0) is 19.6 Å². The second-order valence-corrected chi connectivity index (χ2v) is 8.01. The fourth-order valence-corrected chi connectivity index (χ4v) is 3.47. The number of hydrogen-bond acceptors (Lipinski definition) is 2. The maximum Gasteiger partial charge on any atom is 0.124 e. The van der Waals surface area contributed by atoms with Crippen LogP contribution in [0, 0.1) is 0 Å². The molecule has 0 radical (unpaired) electrons. The van der Waals surface area contributed by atoms with E-state index in [0.29, 0.717) is 6.61 Å². The molecule has 140 valence electrons. The fourth-order valence-electron chi connectivity index (χ4n) is 2.72. The van der Waals surface area contributed by atoms with Gasteiger partial charge >= 0.3 is 0 Å². The van der Waals surface area contributed by atoms with Crippen molar-refractivity contribution in [2.75, 3.05) is 6.54 Å². The van der Waals surface area contributed by atoms with Crippen molar-refractivity contribution in [1.29, 1.82) is 0 Å². The van der Waals surface area contributed by atoms with Gasteiger partial charge in [0.05, 0.1) is 0 Å². The zero-order chi connectivity index (χ0) is 19.1. The maximum atomic E-state index is 6.04. The third-order valence-corrected chi connectivity index (χ3v) is 5.11.